The Kier molecular flexibility index (Phi) is 24.0. The average Bonchev–Trinajstić information content (AvgIpc) is 2.70. The minimum Gasteiger partial charge on any atom is -0.466 e. The van der Waals surface area contributed by atoms with Crippen molar-refractivity contribution in [3.63, 3.8) is 0 Å². The topological polar surface area (TPSA) is 26.3 Å². The summed E-state index contributed by atoms with van der Waals surface area (Å²) in [5.74, 6) is 0.00703. The predicted molar refractivity (Wildman–Crippen MR) is 124 cm³/mol. The van der Waals surface area contributed by atoms with Crippen molar-refractivity contribution in [1.82, 2.24) is 0 Å². The van der Waals surface area contributed by atoms with Gasteiger partial charge in [0.05, 0.1) is 6.61 Å². The number of unbranched alkanes of at least 4 members (excludes halogenated alkanes) is 19. The first-order chi connectivity index (χ1) is 13.8. The third kappa shape index (κ3) is 23.5. The lowest BCUT2D eigenvalue weighted by Gasteiger charge is -2.05. The van der Waals surface area contributed by atoms with Crippen LogP contribution in [0.4, 0.5) is 0 Å². The number of hydrogen-bond acceptors (Lipinski definition) is 2. The standard InChI is InChI=1S/C26H52O2/c1-3-5-7-8-9-10-11-12-13-14-15-16-17-18-19-20-21-22-24-26(27)28-25-23-6-4-2/h3-25H2,1-2H3. The van der Waals surface area contributed by atoms with Crippen LogP contribution in [-0.2, 0) is 9.53 Å². The van der Waals surface area contributed by atoms with Gasteiger partial charge in [0.25, 0.3) is 0 Å². The Hall–Kier alpha value is -0.530. The van der Waals surface area contributed by atoms with Crippen molar-refractivity contribution in [2.75, 3.05) is 6.61 Å². The lowest BCUT2D eigenvalue weighted by molar-refractivity contribution is -0.143. The fraction of sp³-hybridized carbons (Fsp3) is 0.962. The summed E-state index contributed by atoms with van der Waals surface area (Å²) in [6, 6.07) is 0. The SMILES string of the molecule is CCCCCCCCCCCCCCCCCCCCC(=O)OCCCCC. The Morgan fingerprint density at radius 2 is 0.786 bits per heavy atom. The molecule has 0 aromatic rings. The van der Waals surface area contributed by atoms with Crippen LogP contribution in [0, 0.1) is 0 Å². The van der Waals surface area contributed by atoms with Gasteiger partial charge in [-0.05, 0) is 12.8 Å². The minimum absolute atomic E-state index is 0.00703. The molecule has 0 unspecified atom stereocenters. The maximum absolute atomic E-state index is 11.6. The van der Waals surface area contributed by atoms with E-state index in [2.05, 4.69) is 13.8 Å². The van der Waals surface area contributed by atoms with Gasteiger partial charge in [-0.1, -0.05) is 136 Å². The first-order valence-corrected chi connectivity index (χ1v) is 13.0. The van der Waals surface area contributed by atoms with Gasteiger partial charge in [0.1, 0.15) is 0 Å². The summed E-state index contributed by atoms with van der Waals surface area (Å²) in [5, 5.41) is 0. The molecule has 0 aliphatic carbocycles. The van der Waals surface area contributed by atoms with E-state index in [0.717, 1.165) is 19.3 Å². The van der Waals surface area contributed by atoms with E-state index < -0.39 is 0 Å². The number of ether oxygens (including phenoxy) is 1. The molecule has 0 rings (SSSR count). The number of carbonyl (C=O) groups excluding carboxylic acids is 1. The molecule has 0 atom stereocenters. The second-order valence-corrected chi connectivity index (χ2v) is 8.69. The van der Waals surface area contributed by atoms with Crippen LogP contribution in [0.2, 0.25) is 0 Å². The lowest BCUT2D eigenvalue weighted by atomic mass is 10.0. The van der Waals surface area contributed by atoms with Crippen LogP contribution >= 0.6 is 0 Å². The molecule has 168 valence electrons. The molecule has 0 aliphatic rings. The molecule has 0 N–H and O–H groups in total. The molecular formula is C26H52O2. The van der Waals surface area contributed by atoms with Gasteiger partial charge in [0.2, 0.25) is 0 Å². The lowest BCUT2D eigenvalue weighted by Crippen LogP contribution is -2.05. The minimum atomic E-state index is 0.00703. The van der Waals surface area contributed by atoms with Crippen molar-refractivity contribution in [1.29, 1.82) is 0 Å². The van der Waals surface area contributed by atoms with Crippen molar-refractivity contribution in [3.05, 3.63) is 0 Å². The summed E-state index contributed by atoms with van der Waals surface area (Å²) < 4.78 is 5.24. The maximum Gasteiger partial charge on any atom is 0.305 e. The van der Waals surface area contributed by atoms with Crippen LogP contribution in [0.25, 0.3) is 0 Å². The van der Waals surface area contributed by atoms with Crippen LogP contribution in [0.15, 0.2) is 0 Å². The summed E-state index contributed by atoms with van der Waals surface area (Å²) in [6.45, 7) is 5.07. The molecular weight excluding hydrogens is 344 g/mol. The summed E-state index contributed by atoms with van der Waals surface area (Å²) in [7, 11) is 0. The van der Waals surface area contributed by atoms with Crippen molar-refractivity contribution in [3.8, 4) is 0 Å². The van der Waals surface area contributed by atoms with Gasteiger partial charge in [-0.15, -0.1) is 0 Å². The van der Waals surface area contributed by atoms with E-state index in [0.29, 0.717) is 13.0 Å². The predicted octanol–water partition coefficient (Wildman–Crippen LogP) is 9.15. The molecule has 0 saturated carbocycles. The van der Waals surface area contributed by atoms with E-state index in [1.807, 2.05) is 0 Å². The number of rotatable bonds is 23. The van der Waals surface area contributed by atoms with Crippen LogP contribution in [0.1, 0.15) is 155 Å². The first-order valence-electron chi connectivity index (χ1n) is 13.0. The molecule has 28 heavy (non-hydrogen) atoms. The molecule has 0 aliphatic heterocycles. The van der Waals surface area contributed by atoms with Gasteiger partial charge in [-0.25, -0.2) is 0 Å². The molecule has 0 aromatic carbocycles. The largest absolute Gasteiger partial charge is 0.466 e. The van der Waals surface area contributed by atoms with Crippen LogP contribution in [-0.4, -0.2) is 12.6 Å². The highest BCUT2D eigenvalue weighted by atomic mass is 16.5. The summed E-state index contributed by atoms with van der Waals surface area (Å²) in [5.41, 5.74) is 0. The molecule has 0 spiro atoms. The fourth-order valence-corrected chi connectivity index (χ4v) is 3.78. The number of carbonyl (C=O) groups is 1. The van der Waals surface area contributed by atoms with E-state index >= 15 is 0 Å². The Morgan fingerprint density at radius 1 is 0.464 bits per heavy atom. The van der Waals surface area contributed by atoms with E-state index in [4.69, 9.17) is 4.74 Å². The second-order valence-electron chi connectivity index (χ2n) is 8.69. The highest BCUT2D eigenvalue weighted by molar-refractivity contribution is 5.69. The molecule has 0 bridgehead atoms. The van der Waals surface area contributed by atoms with E-state index in [-0.39, 0.29) is 5.97 Å². The fourth-order valence-electron chi connectivity index (χ4n) is 3.78. The van der Waals surface area contributed by atoms with E-state index in [9.17, 15) is 4.79 Å². The van der Waals surface area contributed by atoms with Crippen molar-refractivity contribution >= 4 is 5.97 Å². The van der Waals surface area contributed by atoms with Crippen LogP contribution in [0.3, 0.4) is 0 Å². The Bertz CT molecular complexity index is 301. The Balaban J connectivity index is 3.07. The zero-order chi connectivity index (χ0) is 20.5. The van der Waals surface area contributed by atoms with Gasteiger partial charge in [-0.2, -0.15) is 0 Å². The van der Waals surface area contributed by atoms with Gasteiger partial charge in [0, 0.05) is 6.42 Å². The zero-order valence-corrected chi connectivity index (χ0v) is 19.6. The third-order valence-corrected chi connectivity index (χ3v) is 5.75. The molecule has 2 heteroatoms. The van der Waals surface area contributed by atoms with Crippen LogP contribution < -0.4 is 0 Å². The van der Waals surface area contributed by atoms with E-state index in [1.54, 1.807) is 0 Å². The van der Waals surface area contributed by atoms with E-state index in [1.165, 1.54) is 116 Å². The van der Waals surface area contributed by atoms with Crippen molar-refractivity contribution in [2.24, 2.45) is 0 Å². The summed E-state index contributed by atoms with van der Waals surface area (Å²) in [6.07, 6.45) is 28.8. The molecule has 0 aromatic heterocycles. The summed E-state index contributed by atoms with van der Waals surface area (Å²) in [4.78, 5) is 11.6. The quantitative estimate of drug-likeness (QED) is 0.127. The molecule has 0 saturated heterocycles. The van der Waals surface area contributed by atoms with Crippen molar-refractivity contribution < 1.29 is 9.53 Å². The molecule has 0 fully saturated rings. The zero-order valence-electron chi connectivity index (χ0n) is 19.6. The first kappa shape index (κ1) is 27.5. The van der Waals surface area contributed by atoms with Gasteiger partial charge < -0.3 is 4.74 Å². The Morgan fingerprint density at radius 3 is 1.18 bits per heavy atom. The second kappa shape index (κ2) is 24.5. The van der Waals surface area contributed by atoms with Gasteiger partial charge in [0.15, 0.2) is 0 Å². The molecule has 0 heterocycles. The van der Waals surface area contributed by atoms with Crippen LogP contribution in [0.5, 0.6) is 0 Å². The normalized spacial score (nSPS) is 11.1. The number of esters is 1. The molecule has 0 amide bonds. The average molecular weight is 397 g/mol. The third-order valence-electron chi connectivity index (χ3n) is 5.75. The smallest absolute Gasteiger partial charge is 0.305 e. The highest BCUT2D eigenvalue weighted by Gasteiger charge is 2.02. The van der Waals surface area contributed by atoms with Gasteiger partial charge in [-0.3, -0.25) is 4.79 Å². The summed E-state index contributed by atoms with van der Waals surface area (Å²) >= 11 is 0. The van der Waals surface area contributed by atoms with Gasteiger partial charge >= 0.3 is 5.97 Å². The van der Waals surface area contributed by atoms with Crippen molar-refractivity contribution in [2.45, 2.75) is 155 Å². The highest BCUT2D eigenvalue weighted by Crippen LogP contribution is 2.14. The Labute approximate surface area is 177 Å². The maximum atomic E-state index is 11.6. The monoisotopic (exact) mass is 396 g/mol. The molecule has 0 radical (unpaired) electrons. The number of hydrogen-bond donors (Lipinski definition) is 0. The molecule has 2 nitrogen and oxygen atoms in total.